The van der Waals surface area contributed by atoms with Crippen molar-refractivity contribution >= 4 is 0 Å². The molecular formula is C11H23NO2. The summed E-state index contributed by atoms with van der Waals surface area (Å²) in [6, 6.07) is 0.138. The number of hydrogen-bond donors (Lipinski definition) is 1. The molecule has 3 atom stereocenters. The Kier molecular flexibility index (Phi) is 4.85. The molecule has 0 aromatic carbocycles. The summed E-state index contributed by atoms with van der Waals surface area (Å²) in [6.07, 6.45) is 1.38. The van der Waals surface area contributed by atoms with E-state index in [0.29, 0.717) is 24.5 Å². The van der Waals surface area contributed by atoms with Gasteiger partial charge in [-0.3, -0.25) is 0 Å². The minimum atomic E-state index is 0.138. The van der Waals surface area contributed by atoms with Crippen LogP contribution in [0.3, 0.4) is 0 Å². The van der Waals surface area contributed by atoms with Gasteiger partial charge in [0, 0.05) is 18.6 Å². The Morgan fingerprint density at radius 2 is 2.14 bits per heavy atom. The van der Waals surface area contributed by atoms with Crippen LogP contribution in [0.4, 0.5) is 0 Å². The highest BCUT2D eigenvalue weighted by atomic mass is 16.5. The summed E-state index contributed by atoms with van der Waals surface area (Å²) in [5, 5.41) is 0. The predicted molar refractivity (Wildman–Crippen MR) is 57.2 cm³/mol. The van der Waals surface area contributed by atoms with Crippen molar-refractivity contribution < 1.29 is 9.47 Å². The molecule has 0 bridgehead atoms. The van der Waals surface area contributed by atoms with Gasteiger partial charge in [-0.2, -0.15) is 0 Å². The summed E-state index contributed by atoms with van der Waals surface area (Å²) < 4.78 is 11.0. The SMILES string of the molecule is CC(C)C(C)OCC(N)C1CCOC1. The lowest BCUT2D eigenvalue weighted by Gasteiger charge is -2.22. The van der Waals surface area contributed by atoms with Crippen LogP contribution in [0.25, 0.3) is 0 Å². The number of rotatable bonds is 5. The van der Waals surface area contributed by atoms with Crippen molar-refractivity contribution in [3.63, 3.8) is 0 Å². The average Bonchev–Trinajstić information content (AvgIpc) is 2.66. The molecule has 0 radical (unpaired) electrons. The highest BCUT2D eigenvalue weighted by molar-refractivity contribution is 4.76. The quantitative estimate of drug-likeness (QED) is 0.731. The van der Waals surface area contributed by atoms with Crippen LogP contribution in [-0.4, -0.2) is 32.0 Å². The number of nitrogens with two attached hydrogens (primary N) is 1. The van der Waals surface area contributed by atoms with Gasteiger partial charge in [0.15, 0.2) is 0 Å². The summed E-state index contributed by atoms with van der Waals surface area (Å²) in [5.74, 6) is 1.05. The Balaban J connectivity index is 2.16. The second kappa shape index (κ2) is 5.69. The molecule has 0 aliphatic carbocycles. The second-order valence-corrected chi connectivity index (χ2v) is 4.57. The van der Waals surface area contributed by atoms with E-state index in [1.54, 1.807) is 0 Å². The molecule has 0 aromatic heterocycles. The highest BCUT2D eigenvalue weighted by Crippen LogP contribution is 2.16. The van der Waals surface area contributed by atoms with E-state index in [1.807, 2.05) is 0 Å². The molecule has 1 saturated heterocycles. The molecule has 84 valence electrons. The Morgan fingerprint density at radius 3 is 2.64 bits per heavy atom. The van der Waals surface area contributed by atoms with Crippen molar-refractivity contribution in [3.05, 3.63) is 0 Å². The lowest BCUT2D eigenvalue weighted by Crippen LogP contribution is -2.36. The summed E-state index contributed by atoms with van der Waals surface area (Å²) in [6.45, 7) is 8.75. The predicted octanol–water partition coefficient (Wildman–Crippen LogP) is 1.41. The maximum atomic E-state index is 6.02. The Bertz CT molecular complexity index is 155. The largest absolute Gasteiger partial charge is 0.381 e. The fourth-order valence-corrected chi connectivity index (χ4v) is 1.48. The summed E-state index contributed by atoms with van der Waals surface area (Å²) >= 11 is 0. The topological polar surface area (TPSA) is 44.5 Å². The zero-order valence-corrected chi connectivity index (χ0v) is 9.53. The molecule has 0 aromatic rings. The van der Waals surface area contributed by atoms with Crippen molar-refractivity contribution in [1.29, 1.82) is 0 Å². The molecule has 1 heterocycles. The maximum absolute atomic E-state index is 6.02. The van der Waals surface area contributed by atoms with Gasteiger partial charge in [0.1, 0.15) is 0 Å². The van der Waals surface area contributed by atoms with Crippen LogP contribution in [0.15, 0.2) is 0 Å². The van der Waals surface area contributed by atoms with Gasteiger partial charge in [0.25, 0.3) is 0 Å². The molecule has 1 aliphatic rings. The third kappa shape index (κ3) is 3.56. The van der Waals surface area contributed by atoms with Crippen molar-refractivity contribution in [1.82, 2.24) is 0 Å². The molecule has 3 nitrogen and oxygen atoms in total. The highest BCUT2D eigenvalue weighted by Gasteiger charge is 2.23. The minimum Gasteiger partial charge on any atom is -0.381 e. The first-order chi connectivity index (χ1) is 6.61. The smallest absolute Gasteiger partial charge is 0.0624 e. The molecule has 2 N–H and O–H groups in total. The first-order valence-corrected chi connectivity index (χ1v) is 5.56. The lowest BCUT2D eigenvalue weighted by molar-refractivity contribution is 0.0183. The fourth-order valence-electron chi connectivity index (χ4n) is 1.48. The number of ether oxygens (including phenoxy) is 2. The third-order valence-corrected chi connectivity index (χ3v) is 3.06. The van der Waals surface area contributed by atoms with Crippen LogP contribution < -0.4 is 5.73 Å². The summed E-state index contributed by atoms with van der Waals surface area (Å²) in [4.78, 5) is 0. The third-order valence-electron chi connectivity index (χ3n) is 3.06. The average molecular weight is 201 g/mol. The first-order valence-electron chi connectivity index (χ1n) is 5.56. The lowest BCUT2D eigenvalue weighted by atomic mass is 10.0. The van der Waals surface area contributed by atoms with Gasteiger partial charge in [-0.1, -0.05) is 13.8 Å². The standard InChI is InChI=1S/C11H23NO2/c1-8(2)9(3)14-7-11(12)10-4-5-13-6-10/h8-11H,4-7,12H2,1-3H3. The van der Waals surface area contributed by atoms with Gasteiger partial charge in [0.2, 0.25) is 0 Å². The molecular weight excluding hydrogens is 178 g/mol. The maximum Gasteiger partial charge on any atom is 0.0624 e. The van der Waals surface area contributed by atoms with Crippen molar-refractivity contribution in [2.75, 3.05) is 19.8 Å². The van der Waals surface area contributed by atoms with Crippen LogP contribution in [0.2, 0.25) is 0 Å². The molecule has 14 heavy (non-hydrogen) atoms. The molecule has 0 spiro atoms. The van der Waals surface area contributed by atoms with Gasteiger partial charge in [0.05, 0.1) is 19.3 Å². The van der Waals surface area contributed by atoms with Crippen LogP contribution in [-0.2, 0) is 9.47 Å². The minimum absolute atomic E-state index is 0.138. The second-order valence-electron chi connectivity index (χ2n) is 4.57. The normalized spacial score (nSPS) is 26.8. The van der Waals surface area contributed by atoms with Crippen LogP contribution in [0, 0.1) is 11.8 Å². The molecule has 0 amide bonds. The summed E-state index contributed by atoms with van der Waals surface area (Å²) in [5.41, 5.74) is 6.02. The van der Waals surface area contributed by atoms with Gasteiger partial charge in [-0.15, -0.1) is 0 Å². The van der Waals surface area contributed by atoms with E-state index in [9.17, 15) is 0 Å². The molecule has 1 aliphatic heterocycles. The van der Waals surface area contributed by atoms with Gasteiger partial charge >= 0.3 is 0 Å². The molecule has 3 heteroatoms. The fraction of sp³-hybridized carbons (Fsp3) is 1.00. The van der Waals surface area contributed by atoms with E-state index in [4.69, 9.17) is 15.2 Å². The molecule has 1 rings (SSSR count). The van der Waals surface area contributed by atoms with Crippen LogP contribution >= 0.6 is 0 Å². The van der Waals surface area contributed by atoms with E-state index in [1.165, 1.54) is 0 Å². The van der Waals surface area contributed by atoms with Crippen LogP contribution in [0.5, 0.6) is 0 Å². The molecule has 1 fully saturated rings. The zero-order valence-electron chi connectivity index (χ0n) is 9.53. The van der Waals surface area contributed by atoms with E-state index in [2.05, 4.69) is 20.8 Å². The zero-order chi connectivity index (χ0) is 10.6. The van der Waals surface area contributed by atoms with Crippen LogP contribution in [0.1, 0.15) is 27.2 Å². The monoisotopic (exact) mass is 201 g/mol. The van der Waals surface area contributed by atoms with Crippen molar-refractivity contribution in [3.8, 4) is 0 Å². The van der Waals surface area contributed by atoms with Crippen molar-refractivity contribution in [2.24, 2.45) is 17.6 Å². The van der Waals surface area contributed by atoms with E-state index >= 15 is 0 Å². The number of hydrogen-bond acceptors (Lipinski definition) is 3. The van der Waals surface area contributed by atoms with Gasteiger partial charge in [-0.25, -0.2) is 0 Å². The van der Waals surface area contributed by atoms with Gasteiger partial charge in [-0.05, 0) is 19.3 Å². The van der Waals surface area contributed by atoms with E-state index in [-0.39, 0.29) is 6.04 Å². The molecule has 0 saturated carbocycles. The van der Waals surface area contributed by atoms with E-state index in [0.717, 1.165) is 19.6 Å². The van der Waals surface area contributed by atoms with E-state index < -0.39 is 0 Å². The van der Waals surface area contributed by atoms with Crippen molar-refractivity contribution in [2.45, 2.75) is 39.3 Å². The van der Waals surface area contributed by atoms with Gasteiger partial charge < -0.3 is 15.2 Å². The Hall–Kier alpha value is -0.120. The first kappa shape index (κ1) is 12.0. The Labute approximate surface area is 86.9 Å². The Morgan fingerprint density at radius 1 is 1.43 bits per heavy atom. The molecule has 3 unspecified atom stereocenters. The summed E-state index contributed by atoms with van der Waals surface area (Å²) in [7, 11) is 0.